The van der Waals surface area contributed by atoms with Gasteiger partial charge in [-0.1, -0.05) is 32.0 Å². The Labute approximate surface area is 117 Å². The fraction of sp³-hybridized carbons (Fsp3) is 0.625. The zero-order chi connectivity index (χ0) is 13.7. The van der Waals surface area contributed by atoms with Crippen LogP contribution in [0, 0.1) is 0 Å². The van der Waals surface area contributed by atoms with Crippen LogP contribution in [0.5, 0.6) is 0 Å². The lowest BCUT2D eigenvalue weighted by atomic mass is 10.1. The molecule has 3 heteroatoms. The van der Waals surface area contributed by atoms with E-state index in [1.165, 1.54) is 38.2 Å². The second-order valence-electron chi connectivity index (χ2n) is 5.41. The van der Waals surface area contributed by atoms with Crippen molar-refractivity contribution < 1.29 is 0 Å². The molecule has 3 nitrogen and oxygen atoms in total. The van der Waals surface area contributed by atoms with Gasteiger partial charge in [0.1, 0.15) is 0 Å². The molecule has 0 radical (unpaired) electrons. The molecule has 0 saturated carbocycles. The lowest BCUT2D eigenvalue weighted by Gasteiger charge is -2.26. The summed E-state index contributed by atoms with van der Waals surface area (Å²) >= 11 is 0. The van der Waals surface area contributed by atoms with Gasteiger partial charge in [0.25, 0.3) is 0 Å². The minimum absolute atomic E-state index is 0.753. The van der Waals surface area contributed by atoms with E-state index in [1.54, 1.807) is 0 Å². The van der Waals surface area contributed by atoms with Gasteiger partial charge in [0.2, 0.25) is 0 Å². The first-order valence-electron chi connectivity index (χ1n) is 7.54. The molecule has 1 atom stereocenters. The smallest absolute Gasteiger partial charge is 0.0347 e. The fourth-order valence-electron chi connectivity index (χ4n) is 3.09. The molecule has 1 aromatic carbocycles. The molecule has 1 fully saturated rings. The van der Waals surface area contributed by atoms with Gasteiger partial charge in [0, 0.05) is 24.8 Å². The summed E-state index contributed by atoms with van der Waals surface area (Å²) < 4.78 is 0. The molecular formula is C16H27N3. The lowest BCUT2D eigenvalue weighted by molar-refractivity contribution is 0.211. The Morgan fingerprint density at radius 1 is 1.26 bits per heavy atom. The number of nitrogens with two attached hydrogens (primary N) is 1. The minimum Gasteiger partial charge on any atom is -0.399 e. The number of nitrogens with zero attached hydrogens (tertiary/aromatic N) is 2. The molecule has 1 heterocycles. The van der Waals surface area contributed by atoms with Crippen LogP contribution in [0.2, 0.25) is 0 Å². The van der Waals surface area contributed by atoms with Gasteiger partial charge in [-0.3, -0.25) is 4.90 Å². The van der Waals surface area contributed by atoms with Crippen molar-refractivity contribution in [2.24, 2.45) is 0 Å². The highest BCUT2D eigenvalue weighted by Gasteiger charge is 2.25. The minimum atomic E-state index is 0.753. The molecule has 0 spiro atoms. The highest BCUT2D eigenvalue weighted by molar-refractivity contribution is 5.46. The molecule has 1 aliphatic heterocycles. The highest BCUT2D eigenvalue weighted by atomic mass is 15.2. The summed E-state index contributed by atoms with van der Waals surface area (Å²) in [6.07, 6.45) is 2.38. The molecule has 2 rings (SSSR count). The number of rotatable bonds is 6. The van der Waals surface area contributed by atoms with Gasteiger partial charge in [-0.05, 0) is 44.1 Å². The molecule has 1 aromatic rings. The van der Waals surface area contributed by atoms with Crippen molar-refractivity contribution in [1.82, 2.24) is 9.80 Å². The maximum Gasteiger partial charge on any atom is 0.0347 e. The van der Waals surface area contributed by atoms with E-state index in [0.717, 1.165) is 24.7 Å². The Morgan fingerprint density at radius 2 is 2.00 bits per heavy atom. The molecular weight excluding hydrogens is 234 g/mol. The summed E-state index contributed by atoms with van der Waals surface area (Å²) in [7, 11) is 0. The van der Waals surface area contributed by atoms with Crippen LogP contribution in [0.15, 0.2) is 24.3 Å². The third-order valence-corrected chi connectivity index (χ3v) is 4.33. The average molecular weight is 261 g/mol. The third kappa shape index (κ3) is 3.71. The normalized spacial score (nSPS) is 20.3. The quantitative estimate of drug-likeness (QED) is 0.797. The first kappa shape index (κ1) is 14.4. The van der Waals surface area contributed by atoms with Crippen LogP contribution in [0.4, 0.5) is 5.69 Å². The van der Waals surface area contributed by atoms with Gasteiger partial charge in [0.05, 0.1) is 0 Å². The van der Waals surface area contributed by atoms with E-state index in [2.05, 4.69) is 35.8 Å². The standard InChI is InChI=1S/C16H27N3/c1-3-19(4-2)15-10-12-18(13-15)11-9-14-7-5-6-8-16(14)17/h5-8,15H,3-4,9-13,17H2,1-2H3. The molecule has 1 saturated heterocycles. The molecule has 0 aliphatic carbocycles. The van der Waals surface area contributed by atoms with Crippen LogP contribution in [-0.4, -0.2) is 48.6 Å². The van der Waals surface area contributed by atoms with E-state index in [4.69, 9.17) is 5.73 Å². The first-order chi connectivity index (χ1) is 9.24. The fourth-order valence-corrected chi connectivity index (χ4v) is 3.09. The lowest BCUT2D eigenvalue weighted by Crippen LogP contribution is -2.37. The molecule has 1 aliphatic rings. The number of hydrogen-bond acceptors (Lipinski definition) is 3. The van der Waals surface area contributed by atoms with Gasteiger partial charge in [0.15, 0.2) is 0 Å². The Bertz CT molecular complexity index is 387. The molecule has 1 unspecified atom stereocenters. The van der Waals surface area contributed by atoms with E-state index >= 15 is 0 Å². The van der Waals surface area contributed by atoms with E-state index in [9.17, 15) is 0 Å². The largest absolute Gasteiger partial charge is 0.399 e. The SMILES string of the molecule is CCN(CC)C1CCN(CCc2ccccc2N)C1. The molecule has 0 bridgehead atoms. The van der Waals surface area contributed by atoms with Gasteiger partial charge < -0.3 is 10.6 Å². The van der Waals surface area contributed by atoms with Crippen LogP contribution < -0.4 is 5.73 Å². The number of hydrogen-bond donors (Lipinski definition) is 1. The average Bonchev–Trinajstić information content (AvgIpc) is 2.88. The zero-order valence-corrected chi connectivity index (χ0v) is 12.3. The van der Waals surface area contributed by atoms with Gasteiger partial charge in [-0.25, -0.2) is 0 Å². The summed E-state index contributed by atoms with van der Waals surface area (Å²) in [6.45, 7) is 10.4. The number of likely N-dealkylation sites (N-methyl/N-ethyl adjacent to an activating group) is 1. The molecule has 0 amide bonds. The number of benzene rings is 1. The second kappa shape index (κ2) is 6.92. The van der Waals surface area contributed by atoms with E-state index in [1.807, 2.05) is 12.1 Å². The van der Waals surface area contributed by atoms with Crippen LogP contribution in [0.25, 0.3) is 0 Å². The zero-order valence-electron chi connectivity index (χ0n) is 12.3. The summed E-state index contributed by atoms with van der Waals surface area (Å²) in [5.41, 5.74) is 8.22. The summed E-state index contributed by atoms with van der Waals surface area (Å²) in [5, 5.41) is 0. The van der Waals surface area contributed by atoms with Crippen molar-refractivity contribution >= 4 is 5.69 Å². The Morgan fingerprint density at radius 3 is 2.68 bits per heavy atom. The van der Waals surface area contributed by atoms with Crippen LogP contribution in [0.3, 0.4) is 0 Å². The summed E-state index contributed by atoms with van der Waals surface area (Å²) in [6, 6.07) is 8.98. The van der Waals surface area contributed by atoms with E-state index in [-0.39, 0.29) is 0 Å². The first-order valence-corrected chi connectivity index (χ1v) is 7.54. The third-order valence-electron chi connectivity index (χ3n) is 4.33. The maximum atomic E-state index is 6.00. The number of likely N-dealkylation sites (tertiary alicyclic amines) is 1. The molecule has 106 valence electrons. The van der Waals surface area contributed by atoms with Crippen molar-refractivity contribution in [3.8, 4) is 0 Å². The molecule has 19 heavy (non-hydrogen) atoms. The van der Waals surface area contributed by atoms with Crippen molar-refractivity contribution in [2.45, 2.75) is 32.7 Å². The van der Waals surface area contributed by atoms with Gasteiger partial charge in [-0.15, -0.1) is 0 Å². The number of para-hydroxylation sites is 1. The summed E-state index contributed by atoms with van der Waals surface area (Å²) in [5.74, 6) is 0. The second-order valence-corrected chi connectivity index (χ2v) is 5.41. The van der Waals surface area contributed by atoms with Crippen LogP contribution in [0.1, 0.15) is 25.8 Å². The van der Waals surface area contributed by atoms with Crippen molar-refractivity contribution in [3.05, 3.63) is 29.8 Å². The molecule has 2 N–H and O–H groups in total. The summed E-state index contributed by atoms with van der Waals surface area (Å²) in [4.78, 5) is 5.16. The van der Waals surface area contributed by atoms with E-state index in [0.29, 0.717) is 0 Å². The van der Waals surface area contributed by atoms with Crippen LogP contribution in [-0.2, 0) is 6.42 Å². The molecule has 0 aromatic heterocycles. The Kier molecular flexibility index (Phi) is 5.23. The Hall–Kier alpha value is -1.06. The monoisotopic (exact) mass is 261 g/mol. The number of anilines is 1. The van der Waals surface area contributed by atoms with Crippen LogP contribution >= 0.6 is 0 Å². The van der Waals surface area contributed by atoms with Crippen molar-refractivity contribution in [1.29, 1.82) is 0 Å². The predicted octanol–water partition coefficient (Wildman–Crippen LogP) is 2.23. The van der Waals surface area contributed by atoms with Gasteiger partial charge in [-0.2, -0.15) is 0 Å². The topological polar surface area (TPSA) is 32.5 Å². The van der Waals surface area contributed by atoms with E-state index < -0.39 is 0 Å². The Balaban J connectivity index is 1.81. The van der Waals surface area contributed by atoms with Crippen molar-refractivity contribution in [3.63, 3.8) is 0 Å². The maximum absolute atomic E-state index is 6.00. The highest BCUT2D eigenvalue weighted by Crippen LogP contribution is 2.17. The van der Waals surface area contributed by atoms with Crippen molar-refractivity contribution in [2.75, 3.05) is 38.5 Å². The predicted molar refractivity (Wildman–Crippen MR) is 82.3 cm³/mol. The van der Waals surface area contributed by atoms with Gasteiger partial charge >= 0.3 is 0 Å². The number of nitrogen functional groups attached to an aromatic ring is 1.